The molecule has 0 aromatic rings. The largest absolute Gasteiger partial charge is 0.315 e. The minimum Gasteiger partial charge on any atom is -0.315 e. The van der Waals surface area contributed by atoms with Crippen LogP contribution in [0.4, 0.5) is 0 Å². The van der Waals surface area contributed by atoms with Crippen LogP contribution in [0.2, 0.25) is 0 Å². The molecule has 0 bridgehead atoms. The van der Waals surface area contributed by atoms with Crippen molar-refractivity contribution in [2.75, 3.05) is 13.1 Å². The van der Waals surface area contributed by atoms with Crippen molar-refractivity contribution in [3.63, 3.8) is 0 Å². The van der Waals surface area contributed by atoms with Crippen molar-refractivity contribution >= 4 is 0 Å². The van der Waals surface area contributed by atoms with Crippen LogP contribution in [-0.4, -0.2) is 35.6 Å². The van der Waals surface area contributed by atoms with Crippen molar-refractivity contribution < 1.29 is 0 Å². The first kappa shape index (κ1) is 10.4. The first-order valence-corrected chi connectivity index (χ1v) is 6.03. The molecule has 2 saturated heterocycles. The second-order valence-electron chi connectivity index (χ2n) is 5.86. The van der Waals surface area contributed by atoms with Crippen LogP contribution in [-0.2, 0) is 0 Å². The summed E-state index contributed by atoms with van der Waals surface area (Å²) in [6, 6.07) is 1.63. The van der Waals surface area contributed by atoms with E-state index in [1.165, 1.54) is 25.9 Å². The van der Waals surface area contributed by atoms with Gasteiger partial charge < -0.3 is 5.32 Å². The highest BCUT2D eigenvalue weighted by atomic mass is 15.3. The molecule has 0 saturated carbocycles. The van der Waals surface area contributed by atoms with E-state index in [2.05, 4.69) is 37.9 Å². The molecule has 2 rings (SSSR count). The van der Waals surface area contributed by atoms with Crippen LogP contribution in [0.3, 0.4) is 0 Å². The van der Waals surface area contributed by atoms with E-state index >= 15 is 0 Å². The Morgan fingerprint density at radius 1 is 1.29 bits per heavy atom. The molecule has 0 aromatic heterocycles. The van der Waals surface area contributed by atoms with Crippen molar-refractivity contribution in [1.29, 1.82) is 0 Å². The van der Waals surface area contributed by atoms with E-state index in [9.17, 15) is 0 Å². The number of rotatable bonds is 1. The number of nitrogens with one attached hydrogen (secondary N) is 1. The molecule has 3 unspecified atom stereocenters. The molecule has 2 aliphatic rings. The molecule has 14 heavy (non-hydrogen) atoms. The SMILES string of the molecule is CCC1CC2CNCC2N1C(C)(C)C. The van der Waals surface area contributed by atoms with Crippen molar-refractivity contribution in [1.82, 2.24) is 10.2 Å². The van der Waals surface area contributed by atoms with Crippen LogP contribution < -0.4 is 5.32 Å². The van der Waals surface area contributed by atoms with Crippen LogP contribution in [0, 0.1) is 5.92 Å². The van der Waals surface area contributed by atoms with E-state index in [4.69, 9.17) is 0 Å². The summed E-state index contributed by atoms with van der Waals surface area (Å²) >= 11 is 0. The standard InChI is InChI=1S/C12H24N2/c1-5-10-6-9-7-13-8-11(9)14(10)12(2,3)4/h9-11,13H,5-8H2,1-4H3. The fraction of sp³-hybridized carbons (Fsp3) is 1.00. The molecule has 2 heteroatoms. The van der Waals surface area contributed by atoms with Gasteiger partial charge in [-0.25, -0.2) is 0 Å². The molecule has 2 fully saturated rings. The third-order valence-corrected chi connectivity index (χ3v) is 3.88. The zero-order valence-corrected chi connectivity index (χ0v) is 10.0. The number of nitrogens with zero attached hydrogens (tertiary/aromatic N) is 1. The maximum absolute atomic E-state index is 3.53. The summed E-state index contributed by atoms with van der Waals surface area (Å²) in [5, 5.41) is 3.53. The quantitative estimate of drug-likeness (QED) is 0.688. The van der Waals surface area contributed by atoms with Gasteiger partial charge in [0.1, 0.15) is 0 Å². The molecular weight excluding hydrogens is 172 g/mol. The lowest BCUT2D eigenvalue weighted by molar-refractivity contribution is 0.0758. The molecule has 0 radical (unpaired) electrons. The van der Waals surface area contributed by atoms with Gasteiger partial charge in [0.25, 0.3) is 0 Å². The van der Waals surface area contributed by atoms with E-state index in [-0.39, 0.29) is 0 Å². The van der Waals surface area contributed by atoms with Gasteiger partial charge in [0.2, 0.25) is 0 Å². The molecule has 0 spiro atoms. The summed E-state index contributed by atoms with van der Waals surface area (Å²) in [5.74, 6) is 0.916. The molecule has 82 valence electrons. The lowest BCUT2D eigenvalue weighted by Gasteiger charge is -2.40. The fourth-order valence-corrected chi connectivity index (χ4v) is 3.43. The molecular formula is C12H24N2. The second kappa shape index (κ2) is 3.49. The van der Waals surface area contributed by atoms with Crippen LogP contribution in [0.15, 0.2) is 0 Å². The van der Waals surface area contributed by atoms with Crippen molar-refractivity contribution in [3.8, 4) is 0 Å². The maximum Gasteiger partial charge on any atom is 0.0269 e. The van der Waals surface area contributed by atoms with Gasteiger partial charge in [-0.1, -0.05) is 6.92 Å². The van der Waals surface area contributed by atoms with E-state index in [0.717, 1.165) is 18.0 Å². The van der Waals surface area contributed by atoms with Gasteiger partial charge in [-0.3, -0.25) is 4.90 Å². The highest BCUT2D eigenvalue weighted by molar-refractivity contribution is 5.03. The van der Waals surface area contributed by atoms with E-state index in [1.54, 1.807) is 0 Å². The van der Waals surface area contributed by atoms with Crippen LogP contribution in [0.5, 0.6) is 0 Å². The van der Waals surface area contributed by atoms with Gasteiger partial charge in [0.05, 0.1) is 0 Å². The van der Waals surface area contributed by atoms with Gasteiger partial charge in [0.15, 0.2) is 0 Å². The molecule has 0 aliphatic carbocycles. The third-order valence-electron chi connectivity index (χ3n) is 3.88. The zero-order valence-electron chi connectivity index (χ0n) is 10.0. The van der Waals surface area contributed by atoms with Gasteiger partial charge in [-0.05, 0) is 46.1 Å². The van der Waals surface area contributed by atoms with Gasteiger partial charge in [0, 0.05) is 24.2 Å². The van der Waals surface area contributed by atoms with Gasteiger partial charge in [-0.15, -0.1) is 0 Å². The smallest absolute Gasteiger partial charge is 0.0269 e. The number of fused-ring (bicyclic) bond motifs is 1. The monoisotopic (exact) mass is 196 g/mol. The predicted octanol–water partition coefficient (Wildman–Crippen LogP) is 1.86. The highest BCUT2D eigenvalue weighted by Gasteiger charge is 2.46. The average molecular weight is 196 g/mol. The van der Waals surface area contributed by atoms with E-state index in [0.29, 0.717) is 5.54 Å². The zero-order chi connectivity index (χ0) is 10.3. The average Bonchev–Trinajstić information content (AvgIpc) is 2.57. The Kier molecular flexibility index (Phi) is 2.61. The highest BCUT2D eigenvalue weighted by Crippen LogP contribution is 2.38. The maximum atomic E-state index is 3.53. The predicted molar refractivity (Wildman–Crippen MR) is 60.4 cm³/mol. The summed E-state index contributed by atoms with van der Waals surface area (Å²) in [5.41, 5.74) is 0.339. The van der Waals surface area contributed by atoms with Crippen LogP contribution >= 0.6 is 0 Å². The van der Waals surface area contributed by atoms with Crippen molar-refractivity contribution in [3.05, 3.63) is 0 Å². The first-order valence-electron chi connectivity index (χ1n) is 6.03. The normalized spacial score (nSPS) is 39.0. The lowest BCUT2D eigenvalue weighted by Crippen LogP contribution is -2.50. The number of hydrogen-bond donors (Lipinski definition) is 1. The Bertz CT molecular complexity index is 207. The molecule has 2 heterocycles. The van der Waals surface area contributed by atoms with Gasteiger partial charge >= 0.3 is 0 Å². The minimum absolute atomic E-state index is 0.339. The fourth-order valence-electron chi connectivity index (χ4n) is 3.43. The summed E-state index contributed by atoms with van der Waals surface area (Å²) in [6.07, 6.45) is 2.72. The molecule has 0 amide bonds. The Morgan fingerprint density at radius 3 is 2.57 bits per heavy atom. The molecule has 2 nitrogen and oxygen atoms in total. The van der Waals surface area contributed by atoms with Gasteiger partial charge in [-0.2, -0.15) is 0 Å². The Hall–Kier alpha value is -0.0800. The lowest BCUT2D eigenvalue weighted by atomic mass is 10.0. The first-order chi connectivity index (χ1) is 6.54. The third kappa shape index (κ3) is 1.59. The summed E-state index contributed by atoms with van der Waals surface area (Å²) in [4.78, 5) is 2.76. The summed E-state index contributed by atoms with van der Waals surface area (Å²) < 4.78 is 0. The minimum atomic E-state index is 0.339. The summed E-state index contributed by atoms with van der Waals surface area (Å²) in [6.45, 7) is 11.9. The number of likely N-dealkylation sites (tertiary alicyclic amines) is 1. The van der Waals surface area contributed by atoms with Crippen molar-refractivity contribution in [2.45, 2.75) is 58.2 Å². The van der Waals surface area contributed by atoms with E-state index < -0.39 is 0 Å². The number of hydrogen-bond acceptors (Lipinski definition) is 2. The van der Waals surface area contributed by atoms with Crippen LogP contribution in [0.1, 0.15) is 40.5 Å². The van der Waals surface area contributed by atoms with Crippen LogP contribution in [0.25, 0.3) is 0 Å². The Labute approximate surface area is 88.1 Å². The molecule has 0 aromatic carbocycles. The topological polar surface area (TPSA) is 15.3 Å². The molecule has 2 aliphatic heterocycles. The molecule has 1 N–H and O–H groups in total. The molecule has 3 atom stereocenters. The summed E-state index contributed by atoms with van der Waals surface area (Å²) in [7, 11) is 0. The van der Waals surface area contributed by atoms with E-state index in [1.807, 2.05) is 0 Å². The second-order valence-corrected chi connectivity index (χ2v) is 5.86. The Balaban J connectivity index is 2.17. The van der Waals surface area contributed by atoms with Crippen molar-refractivity contribution in [2.24, 2.45) is 5.92 Å². The Morgan fingerprint density at radius 2 is 2.00 bits per heavy atom.